The molecule has 3 aromatic carbocycles. The molecule has 0 aliphatic heterocycles. The lowest BCUT2D eigenvalue weighted by Crippen LogP contribution is -2.20. The maximum Gasteiger partial charge on any atom is 0.306 e. The van der Waals surface area contributed by atoms with Crippen LogP contribution in [0.4, 0.5) is 4.39 Å². The number of phenolic OH excluding ortho intramolecular Hbond substituents is 1. The Kier molecular flexibility index (Phi) is 5.57. The number of aromatic hydroxyl groups is 1. The number of aliphatic carboxylic acids is 1. The monoisotopic (exact) mass is 446 g/mol. The molecule has 2 aliphatic rings. The fraction of sp³-hybridized carbons (Fsp3) is 0.321. The average Bonchev–Trinajstić information content (AvgIpc) is 3.56. The Balaban J connectivity index is 1.37. The number of hydrogen-bond donors (Lipinski definition) is 2. The molecule has 0 aromatic heterocycles. The molecule has 3 aromatic rings. The molecule has 5 heteroatoms. The zero-order valence-electron chi connectivity index (χ0n) is 18.5. The Bertz CT molecular complexity index is 1200. The van der Waals surface area contributed by atoms with Crippen LogP contribution >= 0.6 is 0 Å². The third-order valence-corrected chi connectivity index (χ3v) is 7.01. The number of benzene rings is 3. The Hall–Kier alpha value is -3.34. The van der Waals surface area contributed by atoms with Gasteiger partial charge >= 0.3 is 5.97 Å². The maximum atomic E-state index is 14.3. The summed E-state index contributed by atoms with van der Waals surface area (Å²) < 4.78 is 20.6. The molecule has 1 saturated carbocycles. The predicted molar refractivity (Wildman–Crippen MR) is 124 cm³/mol. The summed E-state index contributed by atoms with van der Waals surface area (Å²) in [6.07, 6.45) is 3.70. The van der Waals surface area contributed by atoms with Crippen LogP contribution in [0.15, 0.2) is 60.7 Å². The lowest BCUT2D eigenvalue weighted by molar-refractivity contribution is -0.142. The van der Waals surface area contributed by atoms with Crippen molar-refractivity contribution in [2.24, 2.45) is 11.8 Å². The highest BCUT2D eigenvalue weighted by Gasteiger charge is 2.38. The van der Waals surface area contributed by atoms with Crippen molar-refractivity contribution in [1.29, 1.82) is 0 Å². The van der Waals surface area contributed by atoms with E-state index in [4.69, 9.17) is 4.74 Å². The minimum absolute atomic E-state index is 0.00153. The molecule has 170 valence electrons. The Morgan fingerprint density at radius 1 is 1.06 bits per heavy atom. The second kappa shape index (κ2) is 8.54. The van der Waals surface area contributed by atoms with Crippen molar-refractivity contribution >= 4 is 5.97 Å². The van der Waals surface area contributed by atoms with Crippen LogP contribution in [0.3, 0.4) is 0 Å². The van der Waals surface area contributed by atoms with Gasteiger partial charge < -0.3 is 14.9 Å². The van der Waals surface area contributed by atoms with E-state index >= 15 is 0 Å². The van der Waals surface area contributed by atoms with Gasteiger partial charge in [-0.1, -0.05) is 37.3 Å². The van der Waals surface area contributed by atoms with Gasteiger partial charge in [0.05, 0.1) is 5.92 Å². The number of ether oxygens (including phenoxy) is 1. The lowest BCUT2D eigenvalue weighted by atomic mass is 9.83. The minimum Gasteiger partial charge on any atom is -0.508 e. The lowest BCUT2D eigenvalue weighted by Gasteiger charge is -2.22. The minimum atomic E-state index is -0.762. The van der Waals surface area contributed by atoms with E-state index in [1.54, 1.807) is 6.92 Å². The highest BCUT2D eigenvalue weighted by molar-refractivity contribution is 5.71. The van der Waals surface area contributed by atoms with Gasteiger partial charge in [0, 0.05) is 5.56 Å². The van der Waals surface area contributed by atoms with Crippen molar-refractivity contribution in [3.05, 3.63) is 83.2 Å². The number of phenols is 1. The quantitative estimate of drug-likeness (QED) is 0.436. The van der Waals surface area contributed by atoms with Crippen LogP contribution in [0.1, 0.15) is 54.9 Å². The number of rotatable bonds is 7. The first kappa shape index (κ1) is 21.5. The van der Waals surface area contributed by atoms with Gasteiger partial charge in [-0.15, -0.1) is 0 Å². The number of hydrogen-bond acceptors (Lipinski definition) is 3. The summed E-state index contributed by atoms with van der Waals surface area (Å²) in [5.41, 5.74) is 4.35. The molecular weight excluding hydrogens is 419 g/mol. The predicted octanol–water partition coefficient (Wildman–Crippen LogP) is 6.48. The van der Waals surface area contributed by atoms with Gasteiger partial charge in [0.25, 0.3) is 0 Å². The van der Waals surface area contributed by atoms with E-state index in [1.807, 2.05) is 42.5 Å². The molecule has 0 radical (unpaired) electrons. The third-order valence-electron chi connectivity index (χ3n) is 7.01. The zero-order valence-corrected chi connectivity index (χ0v) is 18.5. The van der Waals surface area contributed by atoms with E-state index in [0.717, 1.165) is 53.7 Å². The molecule has 0 amide bonds. The Morgan fingerprint density at radius 3 is 2.64 bits per heavy atom. The second-order valence-corrected chi connectivity index (χ2v) is 9.29. The van der Waals surface area contributed by atoms with Gasteiger partial charge in [0.2, 0.25) is 0 Å². The largest absolute Gasteiger partial charge is 0.508 e. The molecule has 4 nitrogen and oxygen atoms in total. The first-order chi connectivity index (χ1) is 15.9. The molecule has 1 fully saturated rings. The van der Waals surface area contributed by atoms with Crippen LogP contribution in [0.5, 0.6) is 11.5 Å². The van der Waals surface area contributed by atoms with Gasteiger partial charge in [-0.2, -0.15) is 0 Å². The first-order valence-corrected chi connectivity index (χ1v) is 11.5. The van der Waals surface area contributed by atoms with Crippen molar-refractivity contribution in [2.45, 2.75) is 44.6 Å². The smallest absolute Gasteiger partial charge is 0.306 e. The molecule has 0 spiro atoms. The van der Waals surface area contributed by atoms with Crippen LogP contribution in [0.2, 0.25) is 0 Å². The van der Waals surface area contributed by atoms with Crippen molar-refractivity contribution in [2.75, 3.05) is 0 Å². The molecule has 0 saturated heterocycles. The van der Waals surface area contributed by atoms with Crippen molar-refractivity contribution in [1.82, 2.24) is 0 Å². The van der Waals surface area contributed by atoms with E-state index < -0.39 is 11.9 Å². The number of carboxylic acid groups (broad SMARTS) is 1. The van der Waals surface area contributed by atoms with Crippen LogP contribution in [-0.2, 0) is 11.2 Å². The van der Waals surface area contributed by atoms with Crippen LogP contribution in [-0.4, -0.2) is 16.2 Å². The molecule has 0 bridgehead atoms. The van der Waals surface area contributed by atoms with Gasteiger partial charge in [-0.05, 0) is 90.1 Å². The molecular formula is C28H27FO4. The second-order valence-electron chi connectivity index (χ2n) is 9.29. The average molecular weight is 447 g/mol. The molecule has 2 aliphatic carbocycles. The SMILES string of the molecule is CC(C(=O)O)C(c1cccc(OC2CCc3cc(-c4cc(O)ccc4F)ccc32)c1)C1CC1. The summed E-state index contributed by atoms with van der Waals surface area (Å²) >= 11 is 0. The summed E-state index contributed by atoms with van der Waals surface area (Å²) in [6.45, 7) is 1.79. The van der Waals surface area contributed by atoms with Crippen LogP contribution in [0, 0.1) is 17.7 Å². The van der Waals surface area contributed by atoms with E-state index in [0.29, 0.717) is 11.5 Å². The first-order valence-electron chi connectivity index (χ1n) is 11.5. The summed E-state index contributed by atoms with van der Waals surface area (Å²) in [5.74, 6) is -0.350. The number of carbonyl (C=O) groups is 1. The zero-order chi connectivity index (χ0) is 23.1. The van der Waals surface area contributed by atoms with Crippen LogP contribution in [0.25, 0.3) is 11.1 Å². The highest BCUT2D eigenvalue weighted by atomic mass is 19.1. The fourth-order valence-corrected chi connectivity index (χ4v) is 5.14. The summed E-state index contributed by atoms with van der Waals surface area (Å²) in [5, 5.41) is 19.3. The van der Waals surface area contributed by atoms with E-state index in [1.165, 1.54) is 18.2 Å². The molecule has 3 atom stereocenters. The summed E-state index contributed by atoms with van der Waals surface area (Å²) in [7, 11) is 0. The normalized spacial score (nSPS) is 19.0. The van der Waals surface area contributed by atoms with Gasteiger partial charge in [0.1, 0.15) is 23.4 Å². The van der Waals surface area contributed by atoms with Crippen molar-refractivity contribution in [3.63, 3.8) is 0 Å². The van der Waals surface area contributed by atoms with E-state index in [9.17, 15) is 19.4 Å². The van der Waals surface area contributed by atoms with Crippen molar-refractivity contribution in [3.8, 4) is 22.6 Å². The Morgan fingerprint density at radius 2 is 1.88 bits per heavy atom. The molecule has 3 unspecified atom stereocenters. The molecule has 2 N–H and O–H groups in total. The topological polar surface area (TPSA) is 66.8 Å². The fourth-order valence-electron chi connectivity index (χ4n) is 5.14. The third kappa shape index (κ3) is 4.32. The van der Waals surface area contributed by atoms with Crippen LogP contribution < -0.4 is 4.74 Å². The molecule has 33 heavy (non-hydrogen) atoms. The van der Waals surface area contributed by atoms with Gasteiger partial charge in [-0.25, -0.2) is 4.39 Å². The summed E-state index contributed by atoms with van der Waals surface area (Å²) in [6, 6.07) is 17.8. The maximum absolute atomic E-state index is 14.3. The van der Waals surface area contributed by atoms with E-state index in [-0.39, 0.29) is 23.6 Å². The molecule has 5 rings (SSSR count). The number of fused-ring (bicyclic) bond motifs is 1. The van der Waals surface area contributed by atoms with E-state index in [2.05, 4.69) is 0 Å². The van der Waals surface area contributed by atoms with Crippen molar-refractivity contribution < 1.29 is 24.1 Å². The Labute approximate surface area is 192 Å². The number of carboxylic acids is 1. The van der Waals surface area contributed by atoms with Gasteiger partial charge in [-0.3, -0.25) is 4.79 Å². The van der Waals surface area contributed by atoms with Gasteiger partial charge in [0.15, 0.2) is 0 Å². The highest BCUT2D eigenvalue weighted by Crippen LogP contribution is 2.47. The number of halogens is 1. The molecule has 0 heterocycles. The summed E-state index contributed by atoms with van der Waals surface area (Å²) in [4.78, 5) is 11.6. The number of aryl methyl sites for hydroxylation is 1. The standard InChI is InChI=1S/C28H27FO4/c1-16(28(31)32)27(17-5-6-17)20-3-2-4-22(14-20)33-26-12-8-18-13-19(7-10-23(18)26)24-15-21(30)9-11-25(24)29/h2-4,7,9-11,13-17,26-27,30H,5-6,8,12H2,1H3,(H,31,32).